The van der Waals surface area contributed by atoms with Crippen LogP contribution in [0.5, 0.6) is 17.2 Å². The number of nitrogens with one attached hydrogen (secondary N) is 1. The van der Waals surface area contributed by atoms with Gasteiger partial charge in [-0.1, -0.05) is 6.07 Å². The summed E-state index contributed by atoms with van der Waals surface area (Å²) in [7, 11) is 1.62. The summed E-state index contributed by atoms with van der Waals surface area (Å²) in [5.74, 6) is 2.29. The minimum Gasteiger partial charge on any atom is -0.497 e. The van der Waals surface area contributed by atoms with Gasteiger partial charge in [0.05, 0.1) is 26.5 Å². The molecule has 7 heteroatoms. The SMILES string of the molecule is COc1cccc(OCCCOc2ccc(C=NNC(N)=O)cc2)c1. The van der Waals surface area contributed by atoms with Gasteiger partial charge in [-0.15, -0.1) is 0 Å². The molecule has 0 heterocycles. The van der Waals surface area contributed by atoms with E-state index in [1.807, 2.05) is 48.5 Å². The molecule has 0 radical (unpaired) electrons. The molecule has 2 aromatic carbocycles. The normalized spacial score (nSPS) is 10.4. The third-order valence-corrected chi connectivity index (χ3v) is 3.14. The molecule has 3 N–H and O–H groups in total. The summed E-state index contributed by atoms with van der Waals surface area (Å²) in [6, 6.07) is 14.1. The Morgan fingerprint density at radius 1 is 1.08 bits per heavy atom. The fraction of sp³-hybridized carbons (Fsp3) is 0.222. The van der Waals surface area contributed by atoms with Crippen molar-refractivity contribution in [2.75, 3.05) is 20.3 Å². The molecular formula is C18H21N3O4. The number of amides is 2. The molecule has 0 aliphatic rings. The zero-order chi connectivity index (χ0) is 17.9. The zero-order valence-electron chi connectivity index (χ0n) is 14.0. The number of urea groups is 1. The van der Waals surface area contributed by atoms with Crippen molar-refractivity contribution in [3.63, 3.8) is 0 Å². The first kappa shape index (κ1) is 18.1. The number of rotatable bonds is 9. The summed E-state index contributed by atoms with van der Waals surface area (Å²) < 4.78 is 16.4. The second-order valence-electron chi connectivity index (χ2n) is 5.03. The van der Waals surface area contributed by atoms with Crippen molar-refractivity contribution < 1.29 is 19.0 Å². The van der Waals surface area contributed by atoms with Crippen LogP contribution in [0.3, 0.4) is 0 Å². The van der Waals surface area contributed by atoms with Crippen LogP contribution < -0.4 is 25.4 Å². The van der Waals surface area contributed by atoms with E-state index in [1.54, 1.807) is 7.11 Å². The maximum absolute atomic E-state index is 10.5. The molecule has 0 bridgehead atoms. The summed E-state index contributed by atoms with van der Waals surface area (Å²) in [6.07, 6.45) is 2.25. The number of methoxy groups -OCH3 is 1. The van der Waals surface area contributed by atoms with Gasteiger partial charge in [-0.05, 0) is 42.0 Å². The fourth-order valence-electron chi connectivity index (χ4n) is 1.95. The van der Waals surface area contributed by atoms with E-state index in [-0.39, 0.29) is 0 Å². The average Bonchev–Trinajstić information content (AvgIpc) is 2.62. The maximum Gasteiger partial charge on any atom is 0.332 e. The molecule has 0 saturated heterocycles. The number of carbonyl (C=O) groups excluding carboxylic acids is 1. The monoisotopic (exact) mass is 343 g/mol. The first-order valence-corrected chi connectivity index (χ1v) is 7.75. The zero-order valence-corrected chi connectivity index (χ0v) is 14.0. The third-order valence-electron chi connectivity index (χ3n) is 3.14. The second kappa shape index (κ2) is 9.82. The number of nitrogens with zero attached hydrogens (tertiary/aromatic N) is 1. The molecular weight excluding hydrogens is 322 g/mol. The molecule has 2 amide bonds. The van der Waals surface area contributed by atoms with Gasteiger partial charge in [0.25, 0.3) is 0 Å². The number of nitrogens with two attached hydrogens (primary N) is 1. The topological polar surface area (TPSA) is 95.2 Å². The summed E-state index contributed by atoms with van der Waals surface area (Å²) >= 11 is 0. The van der Waals surface area contributed by atoms with E-state index in [9.17, 15) is 4.79 Å². The van der Waals surface area contributed by atoms with Gasteiger partial charge in [-0.2, -0.15) is 5.10 Å². The van der Waals surface area contributed by atoms with Gasteiger partial charge in [0.2, 0.25) is 0 Å². The van der Waals surface area contributed by atoms with Crippen LogP contribution in [0.1, 0.15) is 12.0 Å². The van der Waals surface area contributed by atoms with Crippen molar-refractivity contribution >= 4 is 12.2 Å². The molecule has 2 rings (SSSR count). The van der Waals surface area contributed by atoms with Crippen LogP contribution in [0.2, 0.25) is 0 Å². The Labute approximate surface area is 146 Å². The molecule has 0 aliphatic heterocycles. The lowest BCUT2D eigenvalue weighted by atomic mass is 10.2. The Kier molecular flexibility index (Phi) is 7.12. The average molecular weight is 343 g/mol. The minimum absolute atomic E-state index is 0.542. The predicted octanol–water partition coefficient (Wildman–Crippen LogP) is 2.55. The van der Waals surface area contributed by atoms with E-state index < -0.39 is 6.03 Å². The van der Waals surface area contributed by atoms with Crippen LogP contribution in [0.25, 0.3) is 0 Å². The quantitative estimate of drug-likeness (QED) is 0.415. The van der Waals surface area contributed by atoms with Gasteiger partial charge in [0.15, 0.2) is 0 Å². The lowest BCUT2D eigenvalue weighted by Crippen LogP contribution is -2.24. The van der Waals surface area contributed by atoms with Crippen LogP contribution in [0.4, 0.5) is 4.79 Å². The Bertz CT molecular complexity index is 702. The highest BCUT2D eigenvalue weighted by Gasteiger charge is 1.98. The largest absolute Gasteiger partial charge is 0.497 e. The molecule has 0 saturated carbocycles. The van der Waals surface area contributed by atoms with Crippen molar-refractivity contribution in [3.8, 4) is 17.2 Å². The Balaban J connectivity index is 1.67. The molecule has 0 aliphatic carbocycles. The van der Waals surface area contributed by atoms with Crippen molar-refractivity contribution in [2.24, 2.45) is 10.8 Å². The van der Waals surface area contributed by atoms with Gasteiger partial charge >= 0.3 is 6.03 Å². The maximum atomic E-state index is 10.5. The lowest BCUT2D eigenvalue weighted by Gasteiger charge is -2.09. The molecule has 0 spiro atoms. The number of primary amides is 1. The smallest absolute Gasteiger partial charge is 0.332 e. The highest BCUT2D eigenvalue weighted by Crippen LogP contribution is 2.19. The summed E-state index contributed by atoms with van der Waals surface area (Å²) in [5.41, 5.74) is 7.87. The van der Waals surface area contributed by atoms with E-state index in [0.29, 0.717) is 13.2 Å². The Hall–Kier alpha value is -3.22. The van der Waals surface area contributed by atoms with Crippen LogP contribution >= 0.6 is 0 Å². The van der Waals surface area contributed by atoms with Crippen molar-refractivity contribution in [1.82, 2.24) is 5.43 Å². The molecule has 0 aromatic heterocycles. The van der Waals surface area contributed by atoms with Crippen LogP contribution in [0, 0.1) is 0 Å². The first-order chi connectivity index (χ1) is 12.2. The van der Waals surface area contributed by atoms with Crippen LogP contribution in [-0.4, -0.2) is 32.6 Å². The highest BCUT2D eigenvalue weighted by molar-refractivity contribution is 5.81. The first-order valence-electron chi connectivity index (χ1n) is 7.75. The lowest BCUT2D eigenvalue weighted by molar-refractivity contribution is 0.246. The standard InChI is InChI=1S/C18H21N3O4/c1-23-16-4-2-5-17(12-16)25-11-3-10-24-15-8-6-14(7-9-15)13-20-21-18(19)22/h2,4-9,12-13H,3,10-11H2,1H3,(H3,19,21,22). The fourth-order valence-corrected chi connectivity index (χ4v) is 1.95. The molecule has 0 atom stereocenters. The van der Waals surface area contributed by atoms with Gasteiger partial charge in [0.1, 0.15) is 17.2 Å². The van der Waals surface area contributed by atoms with Crippen molar-refractivity contribution in [3.05, 3.63) is 54.1 Å². The Morgan fingerprint density at radius 3 is 2.44 bits per heavy atom. The molecule has 132 valence electrons. The van der Waals surface area contributed by atoms with Gasteiger partial charge in [-0.3, -0.25) is 0 Å². The summed E-state index contributed by atoms with van der Waals surface area (Å²) in [5, 5.41) is 3.68. The molecule has 7 nitrogen and oxygen atoms in total. The second-order valence-corrected chi connectivity index (χ2v) is 5.03. The van der Waals surface area contributed by atoms with E-state index in [2.05, 4.69) is 10.5 Å². The summed E-state index contributed by atoms with van der Waals surface area (Å²) in [6.45, 7) is 1.09. The van der Waals surface area contributed by atoms with Crippen LogP contribution in [-0.2, 0) is 0 Å². The summed E-state index contributed by atoms with van der Waals surface area (Å²) in [4.78, 5) is 10.5. The third kappa shape index (κ3) is 6.82. The number of carbonyl (C=O) groups is 1. The number of benzene rings is 2. The van der Waals surface area contributed by atoms with Crippen molar-refractivity contribution in [2.45, 2.75) is 6.42 Å². The van der Waals surface area contributed by atoms with Crippen LogP contribution in [0.15, 0.2) is 53.6 Å². The van der Waals surface area contributed by atoms with E-state index >= 15 is 0 Å². The van der Waals surface area contributed by atoms with E-state index in [1.165, 1.54) is 6.21 Å². The number of hydrogen-bond acceptors (Lipinski definition) is 5. The minimum atomic E-state index is -0.702. The number of hydrogen-bond donors (Lipinski definition) is 2. The molecule has 25 heavy (non-hydrogen) atoms. The van der Waals surface area contributed by atoms with Gasteiger partial charge in [-0.25, -0.2) is 10.2 Å². The number of ether oxygens (including phenoxy) is 3. The van der Waals surface area contributed by atoms with Gasteiger partial charge < -0.3 is 19.9 Å². The molecule has 0 unspecified atom stereocenters. The Morgan fingerprint density at radius 2 is 1.76 bits per heavy atom. The van der Waals surface area contributed by atoms with Gasteiger partial charge in [0, 0.05) is 12.5 Å². The molecule has 2 aromatic rings. The highest BCUT2D eigenvalue weighted by atomic mass is 16.5. The number of hydrazone groups is 1. The van der Waals surface area contributed by atoms with E-state index in [4.69, 9.17) is 19.9 Å². The van der Waals surface area contributed by atoms with E-state index in [0.717, 1.165) is 29.2 Å². The molecule has 0 fully saturated rings. The predicted molar refractivity (Wildman–Crippen MR) is 95.4 cm³/mol. The van der Waals surface area contributed by atoms with Crippen molar-refractivity contribution in [1.29, 1.82) is 0 Å².